The first kappa shape index (κ1) is 23.8. The maximum absolute atomic E-state index is 12.9. The van der Waals surface area contributed by atoms with Crippen LogP contribution in [0.25, 0.3) is 0 Å². The number of nitrogens with one attached hydrogen (secondary N) is 1. The lowest BCUT2D eigenvalue weighted by molar-refractivity contribution is -0.166. The van der Waals surface area contributed by atoms with E-state index in [0.29, 0.717) is 19.6 Å². The highest BCUT2D eigenvalue weighted by Gasteiger charge is 2.37. The third kappa shape index (κ3) is 6.34. The fourth-order valence-electron chi connectivity index (χ4n) is 4.02. The lowest BCUT2D eigenvalue weighted by Crippen LogP contribution is -2.39. The van der Waals surface area contributed by atoms with Gasteiger partial charge >= 0.3 is 0 Å². The molecule has 172 valence electrons. The van der Waals surface area contributed by atoms with Crippen LogP contribution in [0.15, 0.2) is 66.4 Å². The Kier molecular flexibility index (Phi) is 9.13. The first-order valence-corrected chi connectivity index (χ1v) is 11.2. The van der Waals surface area contributed by atoms with Crippen LogP contribution in [0.4, 0.5) is 0 Å². The van der Waals surface area contributed by atoms with Crippen molar-refractivity contribution in [2.45, 2.75) is 38.4 Å². The van der Waals surface area contributed by atoms with Gasteiger partial charge in [-0.1, -0.05) is 42.5 Å². The second kappa shape index (κ2) is 12.3. The number of carbonyl (C=O) groups excluding carboxylic acids is 1. The smallest absolute Gasteiger partial charge is 0.286 e. The summed E-state index contributed by atoms with van der Waals surface area (Å²) in [7, 11) is 1.64. The summed E-state index contributed by atoms with van der Waals surface area (Å²) in [5.74, 6) is 0.711. The molecule has 0 saturated heterocycles. The number of hydrogen-bond acceptors (Lipinski definition) is 5. The summed E-state index contributed by atoms with van der Waals surface area (Å²) in [5, 5.41) is 12.4. The van der Waals surface area contributed by atoms with E-state index >= 15 is 0 Å². The summed E-state index contributed by atoms with van der Waals surface area (Å²) in [6, 6.07) is 17.9. The van der Waals surface area contributed by atoms with E-state index < -0.39 is 6.29 Å². The monoisotopic (exact) mass is 439 g/mol. The van der Waals surface area contributed by atoms with Crippen molar-refractivity contribution < 1.29 is 24.1 Å². The third-order valence-electron chi connectivity index (χ3n) is 5.68. The van der Waals surface area contributed by atoms with Crippen molar-refractivity contribution in [1.29, 1.82) is 0 Å². The SMILES string of the molecule is CCO[C@@H]1OC(C(=O)NCCc2ccccc2)=C[C@H](c2ccc(OC)cc2)[C@H]1CCCO. The van der Waals surface area contributed by atoms with Gasteiger partial charge in [-0.25, -0.2) is 0 Å². The molecule has 0 aromatic heterocycles. The molecule has 6 nitrogen and oxygen atoms in total. The molecule has 0 fully saturated rings. The van der Waals surface area contributed by atoms with Crippen LogP contribution < -0.4 is 10.1 Å². The van der Waals surface area contributed by atoms with Gasteiger partial charge in [0.2, 0.25) is 6.29 Å². The van der Waals surface area contributed by atoms with Crippen molar-refractivity contribution in [2.24, 2.45) is 5.92 Å². The Morgan fingerprint density at radius 2 is 1.88 bits per heavy atom. The summed E-state index contributed by atoms with van der Waals surface area (Å²) >= 11 is 0. The van der Waals surface area contributed by atoms with E-state index in [1.54, 1.807) is 7.11 Å². The van der Waals surface area contributed by atoms with Crippen LogP contribution in [0.2, 0.25) is 0 Å². The number of aliphatic hydroxyl groups excluding tert-OH is 1. The minimum absolute atomic E-state index is 0.0173. The van der Waals surface area contributed by atoms with Crippen molar-refractivity contribution in [1.82, 2.24) is 5.32 Å². The zero-order valence-electron chi connectivity index (χ0n) is 18.8. The van der Waals surface area contributed by atoms with Gasteiger partial charge < -0.3 is 24.6 Å². The zero-order valence-corrected chi connectivity index (χ0v) is 18.8. The van der Waals surface area contributed by atoms with Gasteiger partial charge in [0.1, 0.15) is 5.75 Å². The molecule has 1 heterocycles. The molecule has 32 heavy (non-hydrogen) atoms. The lowest BCUT2D eigenvalue weighted by atomic mass is 9.80. The quantitative estimate of drug-likeness (QED) is 0.557. The molecule has 0 saturated carbocycles. The van der Waals surface area contributed by atoms with Crippen LogP contribution in [0.1, 0.15) is 36.8 Å². The van der Waals surface area contributed by atoms with Crippen LogP contribution in [-0.4, -0.2) is 44.2 Å². The first-order chi connectivity index (χ1) is 15.7. The number of methoxy groups -OCH3 is 1. The second-order valence-corrected chi connectivity index (χ2v) is 7.79. The summed E-state index contributed by atoms with van der Waals surface area (Å²) in [4.78, 5) is 12.9. The van der Waals surface area contributed by atoms with Gasteiger partial charge in [-0.2, -0.15) is 0 Å². The Morgan fingerprint density at radius 1 is 1.12 bits per heavy atom. The van der Waals surface area contributed by atoms with Crippen molar-refractivity contribution in [3.63, 3.8) is 0 Å². The molecule has 1 aliphatic rings. The van der Waals surface area contributed by atoms with Crippen LogP contribution in [-0.2, 0) is 20.7 Å². The molecule has 3 rings (SSSR count). The van der Waals surface area contributed by atoms with E-state index in [-0.39, 0.29) is 30.1 Å². The fourth-order valence-corrected chi connectivity index (χ4v) is 4.02. The van der Waals surface area contributed by atoms with Gasteiger partial charge in [-0.05, 0) is 55.5 Å². The Morgan fingerprint density at radius 3 is 2.53 bits per heavy atom. The molecular weight excluding hydrogens is 406 g/mol. The molecule has 0 spiro atoms. The molecule has 1 amide bonds. The summed E-state index contributed by atoms with van der Waals surface area (Å²) < 4.78 is 17.2. The predicted octanol–water partition coefficient (Wildman–Crippen LogP) is 3.80. The molecule has 0 unspecified atom stereocenters. The number of amides is 1. The molecule has 2 N–H and O–H groups in total. The summed E-state index contributed by atoms with van der Waals surface area (Å²) in [6.07, 6.45) is 3.43. The third-order valence-corrected chi connectivity index (χ3v) is 5.68. The topological polar surface area (TPSA) is 77.0 Å². The first-order valence-electron chi connectivity index (χ1n) is 11.2. The Hall–Kier alpha value is -2.83. The number of benzene rings is 2. The molecule has 0 bridgehead atoms. The maximum atomic E-state index is 12.9. The van der Waals surface area contributed by atoms with Crippen molar-refractivity contribution in [2.75, 3.05) is 26.9 Å². The standard InChI is InChI=1S/C26H33NO5/c1-3-31-26-22(10-7-17-28)23(20-11-13-21(30-2)14-12-20)18-24(32-26)25(29)27-16-15-19-8-5-4-6-9-19/h4-6,8-9,11-14,18,22-23,26,28H,3,7,10,15-17H2,1-2H3,(H,27,29)/t22-,23-,26-/m1/s1. The van der Waals surface area contributed by atoms with Gasteiger partial charge in [0.25, 0.3) is 5.91 Å². The molecule has 1 aliphatic heterocycles. The fraction of sp³-hybridized carbons (Fsp3) is 0.423. The van der Waals surface area contributed by atoms with Gasteiger partial charge in [0, 0.05) is 31.6 Å². The number of allylic oxidation sites excluding steroid dienone is 1. The van der Waals surface area contributed by atoms with Crippen molar-refractivity contribution in [3.8, 4) is 5.75 Å². The molecule has 2 aromatic carbocycles. The van der Waals surface area contributed by atoms with E-state index in [2.05, 4.69) is 5.32 Å². The maximum Gasteiger partial charge on any atom is 0.286 e. The van der Waals surface area contributed by atoms with Crippen LogP contribution in [0.3, 0.4) is 0 Å². The molecular formula is C26H33NO5. The van der Waals surface area contributed by atoms with E-state index in [0.717, 1.165) is 24.2 Å². The highest BCUT2D eigenvalue weighted by atomic mass is 16.7. The summed E-state index contributed by atoms with van der Waals surface area (Å²) in [5.41, 5.74) is 2.22. The second-order valence-electron chi connectivity index (χ2n) is 7.79. The number of aliphatic hydroxyl groups is 1. The highest BCUT2D eigenvalue weighted by molar-refractivity contribution is 5.91. The van der Waals surface area contributed by atoms with E-state index in [4.69, 9.17) is 14.2 Å². The average Bonchev–Trinajstić information content (AvgIpc) is 2.83. The normalized spacial score (nSPS) is 20.2. The Labute approximate surface area is 190 Å². The van der Waals surface area contributed by atoms with Gasteiger partial charge in [-0.15, -0.1) is 0 Å². The number of ether oxygens (including phenoxy) is 3. The van der Waals surface area contributed by atoms with Gasteiger partial charge in [0.05, 0.1) is 7.11 Å². The predicted molar refractivity (Wildman–Crippen MR) is 123 cm³/mol. The number of hydrogen-bond donors (Lipinski definition) is 2. The minimum Gasteiger partial charge on any atom is -0.497 e. The summed E-state index contributed by atoms with van der Waals surface area (Å²) in [6.45, 7) is 3.00. The van der Waals surface area contributed by atoms with Gasteiger partial charge in [0.15, 0.2) is 5.76 Å². The van der Waals surface area contributed by atoms with E-state index in [1.807, 2.05) is 67.6 Å². The van der Waals surface area contributed by atoms with Crippen LogP contribution >= 0.6 is 0 Å². The number of rotatable bonds is 11. The Balaban J connectivity index is 1.79. The number of carbonyl (C=O) groups is 1. The zero-order chi connectivity index (χ0) is 22.8. The minimum atomic E-state index is -0.557. The van der Waals surface area contributed by atoms with Crippen molar-refractivity contribution >= 4 is 5.91 Å². The largest absolute Gasteiger partial charge is 0.497 e. The molecule has 6 heteroatoms. The van der Waals surface area contributed by atoms with Crippen molar-refractivity contribution in [3.05, 3.63) is 77.6 Å². The molecule has 3 atom stereocenters. The molecule has 2 aromatic rings. The molecule has 0 radical (unpaired) electrons. The highest BCUT2D eigenvalue weighted by Crippen LogP contribution is 2.39. The van der Waals surface area contributed by atoms with E-state index in [9.17, 15) is 9.90 Å². The van der Waals surface area contributed by atoms with E-state index in [1.165, 1.54) is 5.56 Å². The average molecular weight is 440 g/mol. The van der Waals surface area contributed by atoms with Crippen LogP contribution in [0.5, 0.6) is 5.75 Å². The van der Waals surface area contributed by atoms with Crippen LogP contribution in [0, 0.1) is 5.92 Å². The van der Waals surface area contributed by atoms with Gasteiger partial charge in [-0.3, -0.25) is 4.79 Å². The molecule has 0 aliphatic carbocycles. The Bertz CT molecular complexity index is 866. The lowest BCUT2D eigenvalue weighted by Gasteiger charge is -2.37.